The summed E-state index contributed by atoms with van der Waals surface area (Å²) in [5.74, 6) is -0.343. The van der Waals surface area contributed by atoms with Gasteiger partial charge in [0.2, 0.25) is 0 Å². The summed E-state index contributed by atoms with van der Waals surface area (Å²) in [6.07, 6.45) is -1.58. The highest BCUT2D eigenvalue weighted by molar-refractivity contribution is 5.75. The van der Waals surface area contributed by atoms with E-state index >= 15 is 0 Å². The van der Waals surface area contributed by atoms with Gasteiger partial charge in [-0.3, -0.25) is 4.79 Å². The molecule has 1 heterocycles. The van der Waals surface area contributed by atoms with Crippen LogP contribution in [0.3, 0.4) is 0 Å². The van der Waals surface area contributed by atoms with Gasteiger partial charge in [0, 0.05) is 0 Å². The molecule has 1 unspecified atom stereocenters. The molecule has 0 aromatic heterocycles. The van der Waals surface area contributed by atoms with Gasteiger partial charge in [-0.15, -0.1) is 0 Å². The van der Waals surface area contributed by atoms with Crippen molar-refractivity contribution in [3.8, 4) is 0 Å². The molecule has 1 aromatic rings. The number of carbonyl (C=O) groups excluding carboxylic acids is 1. The predicted octanol–water partition coefficient (Wildman–Crippen LogP) is 2.89. The number of nitrogens with one attached hydrogen (secondary N) is 1. The van der Waals surface area contributed by atoms with Crippen molar-refractivity contribution in [3.63, 3.8) is 0 Å². The Bertz CT molecular complexity index is 450. The van der Waals surface area contributed by atoms with Crippen LogP contribution in [0.1, 0.15) is 30.4 Å². The fourth-order valence-corrected chi connectivity index (χ4v) is 2.10. The van der Waals surface area contributed by atoms with Crippen LogP contribution >= 0.6 is 0 Å². The van der Waals surface area contributed by atoms with E-state index in [0.29, 0.717) is 5.56 Å². The Labute approximate surface area is 115 Å². The predicted molar refractivity (Wildman–Crippen MR) is 66.9 cm³/mol. The van der Waals surface area contributed by atoms with Crippen LogP contribution in [-0.2, 0) is 22.3 Å². The minimum Gasteiger partial charge on any atom is -0.460 e. The van der Waals surface area contributed by atoms with Gasteiger partial charge in [-0.25, -0.2) is 0 Å². The lowest BCUT2D eigenvalue weighted by atomic mass is 10.1. The first-order valence-corrected chi connectivity index (χ1v) is 6.53. The van der Waals surface area contributed by atoms with E-state index in [-0.39, 0.29) is 18.6 Å². The Hall–Kier alpha value is -1.56. The van der Waals surface area contributed by atoms with Crippen LogP contribution in [0.25, 0.3) is 0 Å². The van der Waals surface area contributed by atoms with Crippen molar-refractivity contribution < 1.29 is 22.7 Å². The molecule has 0 bridgehead atoms. The number of hydrogen-bond donors (Lipinski definition) is 1. The summed E-state index contributed by atoms with van der Waals surface area (Å²) in [6.45, 7) is 0.787. The zero-order chi connectivity index (χ0) is 14.6. The van der Waals surface area contributed by atoms with Gasteiger partial charge in [0.15, 0.2) is 0 Å². The van der Waals surface area contributed by atoms with Gasteiger partial charge in [-0.05, 0) is 37.1 Å². The molecule has 110 valence electrons. The van der Waals surface area contributed by atoms with Crippen molar-refractivity contribution in [1.82, 2.24) is 5.32 Å². The van der Waals surface area contributed by atoms with Crippen LogP contribution in [-0.4, -0.2) is 18.6 Å². The third-order valence-electron chi connectivity index (χ3n) is 3.26. The lowest BCUT2D eigenvalue weighted by molar-refractivity contribution is -0.148. The molecule has 0 amide bonds. The van der Waals surface area contributed by atoms with E-state index in [2.05, 4.69) is 5.32 Å². The number of piperidine rings is 1. The Morgan fingerprint density at radius 2 is 1.95 bits per heavy atom. The summed E-state index contributed by atoms with van der Waals surface area (Å²) in [5.41, 5.74) is -0.163. The Kier molecular flexibility index (Phi) is 4.65. The Morgan fingerprint density at radius 3 is 2.50 bits per heavy atom. The van der Waals surface area contributed by atoms with Crippen LogP contribution in [0.15, 0.2) is 24.3 Å². The smallest absolute Gasteiger partial charge is 0.416 e. The number of rotatable bonds is 3. The van der Waals surface area contributed by atoms with Gasteiger partial charge in [0.05, 0.1) is 5.56 Å². The quantitative estimate of drug-likeness (QED) is 0.869. The molecule has 1 N–H and O–H groups in total. The van der Waals surface area contributed by atoms with Gasteiger partial charge in [0.25, 0.3) is 0 Å². The SMILES string of the molecule is O=C(OCc1ccc(C(F)(F)F)cc1)C1CCCCN1. The summed E-state index contributed by atoms with van der Waals surface area (Å²) >= 11 is 0. The molecule has 1 saturated heterocycles. The molecule has 0 aliphatic carbocycles. The number of alkyl halides is 3. The van der Waals surface area contributed by atoms with Gasteiger partial charge in [-0.2, -0.15) is 13.2 Å². The van der Waals surface area contributed by atoms with Crippen molar-refractivity contribution in [2.24, 2.45) is 0 Å². The molecule has 2 rings (SSSR count). The number of benzene rings is 1. The summed E-state index contributed by atoms with van der Waals surface area (Å²) in [7, 11) is 0. The zero-order valence-corrected chi connectivity index (χ0v) is 10.9. The average molecular weight is 287 g/mol. The van der Waals surface area contributed by atoms with Crippen LogP contribution in [0, 0.1) is 0 Å². The molecule has 20 heavy (non-hydrogen) atoms. The number of hydrogen-bond acceptors (Lipinski definition) is 3. The highest BCUT2D eigenvalue weighted by atomic mass is 19.4. The first kappa shape index (κ1) is 14.8. The third-order valence-corrected chi connectivity index (χ3v) is 3.26. The molecular weight excluding hydrogens is 271 g/mol. The lowest BCUT2D eigenvalue weighted by Gasteiger charge is -2.21. The van der Waals surface area contributed by atoms with Gasteiger partial charge in [0.1, 0.15) is 12.6 Å². The topological polar surface area (TPSA) is 38.3 Å². The monoisotopic (exact) mass is 287 g/mol. The molecule has 1 aliphatic rings. The summed E-state index contributed by atoms with van der Waals surface area (Å²) in [5, 5.41) is 3.06. The van der Waals surface area contributed by atoms with Crippen LogP contribution in [0.5, 0.6) is 0 Å². The second kappa shape index (κ2) is 6.26. The molecule has 3 nitrogen and oxygen atoms in total. The lowest BCUT2D eigenvalue weighted by Crippen LogP contribution is -2.41. The second-order valence-corrected chi connectivity index (χ2v) is 4.80. The van der Waals surface area contributed by atoms with Crippen molar-refractivity contribution in [2.45, 2.75) is 38.1 Å². The fourth-order valence-electron chi connectivity index (χ4n) is 2.10. The van der Waals surface area contributed by atoms with E-state index in [1.807, 2.05) is 0 Å². The van der Waals surface area contributed by atoms with E-state index < -0.39 is 11.7 Å². The minimum absolute atomic E-state index is 0.00481. The van der Waals surface area contributed by atoms with E-state index in [9.17, 15) is 18.0 Å². The molecule has 0 saturated carbocycles. The average Bonchev–Trinajstić information content (AvgIpc) is 2.45. The van der Waals surface area contributed by atoms with Gasteiger partial charge in [-0.1, -0.05) is 18.6 Å². The molecule has 1 fully saturated rings. The molecule has 1 atom stereocenters. The van der Waals surface area contributed by atoms with Crippen LogP contribution in [0.2, 0.25) is 0 Å². The zero-order valence-electron chi connectivity index (χ0n) is 10.9. The molecule has 1 aromatic carbocycles. The van der Waals surface area contributed by atoms with Gasteiger partial charge >= 0.3 is 12.1 Å². The molecular formula is C14H16F3NO2. The van der Waals surface area contributed by atoms with Crippen molar-refractivity contribution in [2.75, 3.05) is 6.54 Å². The second-order valence-electron chi connectivity index (χ2n) is 4.80. The molecule has 0 spiro atoms. The highest BCUT2D eigenvalue weighted by Crippen LogP contribution is 2.29. The molecule has 0 radical (unpaired) electrons. The van der Waals surface area contributed by atoms with E-state index in [0.717, 1.165) is 37.9 Å². The Balaban J connectivity index is 1.86. The maximum absolute atomic E-state index is 12.4. The van der Waals surface area contributed by atoms with Crippen LogP contribution in [0.4, 0.5) is 13.2 Å². The van der Waals surface area contributed by atoms with Gasteiger partial charge < -0.3 is 10.1 Å². The van der Waals surface area contributed by atoms with E-state index in [1.54, 1.807) is 0 Å². The standard InChI is InChI=1S/C14H16F3NO2/c15-14(16,17)11-6-4-10(5-7-11)9-20-13(19)12-3-1-2-8-18-12/h4-7,12,18H,1-3,8-9H2. The van der Waals surface area contributed by atoms with Crippen molar-refractivity contribution >= 4 is 5.97 Å². The van der Waals surface area contributed by atoms with Crippen molar-refractivity contribution in [1.29, 1.82) is 0 Å². The summed E-state index contributed by atoms with van der Waals surface area (Å²) < 4.78 is 42.3. The number of carbonyl (C=O) groups is 1. The maximum Gasteiger partial charge on any atom is 0.416 e. The van der Waals surface area contributed by atoms with Crippen LogP contribution < -0.4 is 5.32 Å². The summed E-state index contributed by atoms with van der Waals surface area (Å²) in [4.78, 5) is 11.7. The number of halogens is 3. The molecule has 1 aliphatic heterocycles. The number of esters is 1. The first-order valence-electron chi connectivity index (χ1n) is 6.53. The summed E-state index contributed by atoms with van der Waals surface area (Å²) in [6, 6.07) is 4.33. The Morgan fingerprint density at radius 1 is 1.25 bits per heavy atom. The minimum atomic E-state index is -4.35. The largest absolute Gasteiger partial charge is 0.460 e. The normalized spacial score (nSPS) is 19.6. The number of ether oxygens (including phenoxy) is 1. The van der Waals surface area contributed by atoms with E-state index in [1.165, 1.54) is 12.1 Å². The first-order chi connectivity index (χ1) is 9.47. The molecule has 6 heteroatoms. The van der Waals surface area contributed by atoms with E-state index in [4.69, 9.17) is 4.74 Å². The third kappa shape index (κ3) is 3.96. The fraction of sp³-hybridized carbons (Fsp3) is 0.500. The van der Waals surface area contributed by atoms with Crippen molar-refractivity contribution in [3.05, 3.63) is 35.4 Å². The highest BCUT2D eigenvalue weighted by Gasteiger charge is 2.30. The maximum atomic E-state index is 12.4.